The average molecular weight is 362 g/mol. The highest BCUT2D eigenvalue weighted by Gasteiger charge is 2.35. The van der Waals surface area contributed by atoms with Crippen molar-refractivity contribution in [1.82, 2.24) is 0 Å². The number of unbranched alkanes of at least 4 members (excludes halogenated alkanes) is 3. The molecule has 0 aliphatic carbocycles. The Bertz CT molecular complexity index is 410. The van der Waals surface area contributed by atoms with Crippen LogP contribution >= 0.6 is 30.5 Å². The van der Waals surface area contributed by atoms with Crippen molar-refractivity contribution in [3.63, 3.8) is 0 Å². The van der Waals surface area contributed by atoms with Crippen molar-refractivity contribution in [2.24, 2.45) is 0 Å². The van der Waals surface area contributed by atoms with E-state index in [1.807, 2.05) is 6.07 Å². The van der Waals surface area contributed by atoms with Crippen LogP contribution in [0.15, 0.2) is 18.2 Å². The Kier molecular flexibility index (Phi) is 10.0. The maximum Gasteiger partial charge on any atom is 0.0843 e. The number of hydrogen-bond donors (Lipinski definition) is 0. The van der Waals surface area contributed by atoms with Crippen molar-refractivity contribution in [2.45, 2.75) is 65.5 Å². The van der Waals surface area contributed by atoms with Crippen LogP contribution in [0.3, 0.4) is 0 Å². The third-order valence-electron chi connectivity index (χ3n) is 4.46. The first kappa shape index (κ1) is 20.3. The van der Waals surface area contributed by atoms with Gasteiger partial charge in [0.2, 0.25) is 0 Å². The highest BCUT2D eigenvalue weighted by molar-refractivity contribution is 7.75. The topological polar surface area (TPSA) is 0 Å². The van der Waals surface area contributed by atoms with Crippen LogP contribution < -0.4 is 0 Å². The molecule has 0 aliphatic rings. The molecule has 0 fully saturated rings. The smallest absolute Gasteiger partial charge is 0.0827 e. The van der Waals surface area contributed by atoms with Gasteiger partial charge in [0.1, 0.15) is 0 Å². The van der Waals surface area contributed by atoms with E-state index in [1.165, 1.54) is 68.7 Å². The number of halogens is 2. The summed E-state index contributed by atoms with van der Waals surface area (Å²) in [5.41, 5.74) is 1.39. The van der Waals surface area contributed by atoms with Gasteiger partial charge in [0, 0.05) is 7.26 Å². The largest absolute Gasteiger partial charge is 0.0843 e. The van der Waals surface area contributed by atoms with E-state index in [2.05, 4.69) is 32.9 Å². The van der Waals surface area contributed by atoms with Gasteiger partial charge in [-0.2, -0.15) is 0 Å². The first-order chi connectivity index (χ1) is 10.6. The number of hydrogen-bond acceptors (Lipinski definition) is 0. The van der Waals surface area contributed by atoms with E-state index >= 15 is 0 Å². The fourth-order valence-electron chi connectivity index (χ4n) is 3.08. The van der Waals surface area contributed by atoms with Crippen LogP contribution in [0, 0.1) is 0 Å². The zero-order chi connectivity index (χ0) is 16.4. The summed E-state index contributed by atoms with van der Waals surface area (Å²) in [4.78, 5) is 0. The summed E-state index contributed by atoms with van der Waals surface area (Å²) in [6.07, 6.45) is 13.7. The van der Waals surface area contributed by atoms with E-state index in [-0.39, 0.29) is 0 Å². The summed E-state index contributed by atoms with van der Waals surface area (Å²) < 4.78 is 0. The van der Waals surface area contributed by atoms with Crippen molar-refractivity contribution < 1.29 is 0 Å². The molecule has 0 aromatic heterocycles. The Morgan fingerprint density at radius 1 is 0.773 bits per heavy atom. The lowest BCUT2D eigenvalue weighted by molar-refractivity contribution is 0.832. The van der Waals surface area contributed by atoms with Gasteiger partial charge in [0.15, 0.2) is 0 Å². The summed E-state index contributed by atoms with van der Waals surface area (Å²) in [6.45, 7) is 6.94. The molecule has 1 aromatic carbocycles. The molecule has 1 aromatic rings. The summed E-state index contributed by atoms with van der Waals surface area (Å²) in [5.74, 6) is 0. The van der Waals surface area contributed by atoms with Gasteiger partial charge in [-0.25, -0.2) is 0 Å². The summed E-state index contributed by atoms with van der Waals surface area (Å²) >= 11 is 12.3. The predicted octanol–water partition coefficient (Wildman–Crippen LogP) is 7.91. The SMILES string of the molecule is CCCC[P+](CCCC)(CCCC)Cc1ccc(Cl)c(Cl)c1. The molecule has 0 aliphatic heterocycles. The van der Waals surface area contributed by atoms with Crippen LogP contribution in [0.25, 0.3) is 0 Å². The fraction of sp³-hybridized carbons (Fsp3) is 0.684. The number of benzene rings is 1. The average Bonchev–Trinajstić information content (AvgIpc) is 2.52. The van der Waals surface area contributed by atoms with Gasteiger partial charge in [0.25, 0.3) is 0 Å². The second-order valence-electron chi connectivity index (χ2n) is 6.48. The molecule has 0 saturated heterocycles. The standard InChI is InChI=1S/C19H32Cl2P/c1-4-7-12-22(13-8-5-2,14-9-6-3)16-17-10-11-18(20)19(21)15-17/h10-11,15H,4-9,12-14,16H2,1-3H3/q+1. The van der Waals surface area contributed by atoms with E-state index in [9.17, 15) is 0 Å². The van der Waals surface area contributed by atoms with Crippen LogP contribution in [0.5, 0.6) is 0 Å². The molecular weight excluding hydrogens is 330 g/mol. The molecule has 0 unspecified atom stereocenters. The molecule has 0 saturated carbocycles. The summed E-state index contributed by atoms with van der Waals surface area (Å²) in [6, 6.07) is 6.25. The van der Waals surface area contributed by atoms with Gasteiger partial charge >= 0.3 is 0 Å². The van der Waals surface area contributed by atoms with Crippen molar-refractivity contribution in [3.8, 4) is 0 Å². The Morgan fingerprint density at radius 3 is 1.68 bits per heavy atom. The van der Waals surface area contributed by atoms with Gasteiger partial charge in [-0.1, -0.05) is 69.3 Å². The molecule has 3 heteroatoms. The van der Waals surface area contributed by atoms with E-state index in [1.54, 1.807) is 0 Å². The van der Waals surface area contributed by atoms with E-state index in [0.29, 0.717) is 10.0 Å². The van der Waals surface area contributed by atoms with E-state index in [0.717, 1.165) is 0 Å². The lowest BCUT2D eigenvalue weighted by Crippen LogP contribution is -2.11. The first-order valence-corrected chi connectivity index (χ1v) is 12.1. The summed E-state index contributed by atoms with van der Waals surface area (Å²) in [7, 11) is -0.904. The molecule has 0 heterocycles. The first-order valence-electron chi connectivity index (χ1n) is 8.86. The molecule has 0 N–H and O–H groups in total. The second kappa shape index (κ2) is 10.9. The number of rotatable bonds is 11. The third kappa shape index (κ3) is 6.77. The third-order valence-corrected chi connectivity index (χ3v) is 10.0. The van der Waals surface area contributed by atoms with Crippen molar-refractivity contribution in [3.05, 3.63) is 33.8 Å². The van der Waals surface area contributed by atoms with Gasteiger partial charge in [-0.15, -0.1) is 0 Å². The minimum absolute atomic E-state index is 0.671. The zero-order valence-electron chi connectivity index (χ0n) is 14.5. The normalized spacial score (nSPS) is 11.9. The molecule has 22 heavy (non-hydrogen) atoms. The molecule has 1 rings (SSSR count). The highest BCUT2D eigenvalue weighted by Crippen LogP contribution is 2.63. The van der Waals surface area contributed by atoms with Gasteiger partial charge in [-0.3, -0.25) is 0 Å². The maximum atomic E-state index is 6.24. The molecule has 0 radical (unpaired) electrons. The van der Waals surface area contributed by atoms with Crippen molar-refractivity contribution in [2.75, 3.05) is 18.5 Å². The molecule has 0 bridgehead atoms. The monoisotopic (exact) mass is 361 g/mol. The quantitative estimate of drug-likeness (QED) is 0.351. The molecule has 126 valence electrons. The Hall–Kier alpha value is 0.230. The van der Waals surface area contributed by atoms with Crippen LogP contribution in [0.4, 0.5) is 0 Å². The predicted molar refractivity (Wildman–Crippen MR) is 106 cm³/mol. The van der Waals surface area contributed by atoms with Gasteiger partial charge in [-0.05, 0) is 37.0 Å². The van der Waals surface area contributed by atoms with Crippen LogP contribution in [0.1, 0.15) is 64.9 Å². The lowest BCUT2D eigenvalue weighted by Gasteiger charge is -2.28. The van der Waals surface area contributed by atoms with Crippen LogP contribution in [0.2, 0.25) is 10.0 Å². The zero-order valence-corrected chi connectivity index (χ0v) is 16.9. The van der Waals surface area contributed by atoms with E-state index < -0.39 is 7.26 Å². The Morgan fingerprint density at radius 2 is 1.27 bits per heavy atom. The molecular formula is C19H32Cl2P+. The van der Waals surface area contributed by atoms with Crippen LogP contribution in [-0.4, -0.2) is 18.5 Å². The minimum Gasteiger partial charge on any atom is -0.0827 e. The molecule has 0 nitrogen and oxygen atoms in total. The Labute approximate surface area is 148 Å². The molecule has 0 spiro atoms. The molecule has 0 amide bonds. The maximum absolute atomic E-state index is 6.24. The highest BCUT2D eigenvalue weighted by atomic mass is 35.5. The lowest BCUT2D eigenvalue weighted by atomic mass is 10.2. The Balaban J connectivity index is 2.94. The fourth-order valence-corrected chi connectivity index (χ4v) is 8.48. The van der Waals surface area contributed by atoms with Crippen LogP contribution in [-0.2, 0) is 6.16 Å². The van der Waals surface area contributed by atoms with E-state index in [4.69, 9.17) is 23.2 Å². The van der Waals surface area contributed by atoms with Crippen molar-refractivity contribution in [1.29, 1.82) is 0 Å². The van der Waals surface area contributed by atoms with Gasteiger partial charge < -0.3 is 0 Å². The van der Waals surface area contributed by atoms with Crippen molar-refractivity contribution >= 4 is 30.5 Å². The second-order valence-corrected chi connectivity index (χ2v) is 11.6. The molecule has 0 atom stereocenters. The summed E-state index contributed by atoms with van der Waals surface area (Å²) in [5, 5.41) is 1.38. The minimum atomic E-state index is -0.904. The van der Waals surface area contributed by atoms with Gasteiger partial charge in [0.05, 0.1) is 34.7 Å².